The number of imidazole rings is 1. The SMILES string of the molecule is NCCNC(=O)C(=O)N1CCn2ccnc2C1. The minimum atomic E-state index is -0.601. The van der Waals surface area contributed by atoms with Gasteiger partial charge in [-0.15, -0.1) is 0 Å². The van der Waals surface area contributed by atoms with Gasteiger partial charge in [-0.05, 0) is 0 Å². The molecule has 92 valence electrons. The molecule has 1 aromatic rings. The summed E-state index contributed by atoms with van der Waals surface area (Å²) in [5.74, 6) is -0.320. The van der Waals surface area contributed by atoms with Crippen molar-refractivity contribution in [3.8, 4) is 0 Å². The first kappa shape index (κ1) is 11.6. The van der Waals surface area contributed by atoms with E-state index in [0.717, 1.165) is 5.82 Å². The van der Waals surface area contributed by atoms with Crippen LogP contribution < -0.4 is 11.1 Å². The highest BCUT2D eigenvalue weighted by Gasteiger charge is 2.25. The second-order valence-electron chi connectivity index (χ2n) is 3.81. The van der Waals surface area contributed by atoms with Crippen LogP contribution in [-0.2, 0) is 22.7 Å². The van der Waals surface area contributed by atoms with Crippen molar-refractivity contribution in [1.82, 2.24) is 19.8 Å². The first-order valence-corrected chi connectivity index (χ1v) is 5.49. The molecule has 1 aliphatic rings. The summed E-state index contributed by atoms with van der Waals surface area (Å²) in [4.78, 5) is 28.9. The van der Waals surface area contributed by atoms with Crippen LogP contribution in [0.15, 0.2) is 12.4 Å². The number of aromatic nitrogens is 2. The third kappa shape index (κ3) is 2.44. The highest BCUT2D eigenvalue weighted by molar-refractivity contribution is 6.34. The summed E-state index contributed by atoms with van der Waals surface area (Å²) >= 11 is 0. The normalized spacial score (nSPS) is 14.3. The fraction of sp³-hybridized carbons (Fsp3) is 0.500. The van der Waals surface area contributed by atoms with E-state index in [1.807, 2.05) is 10.8 Å². The average molecular weight is 237 g/mol. The van der Waals surface area contributed by atoms with Gasteiger partial charge in [0.2, 0.25) is 0 Å². The minimum absolute atomic E-state index is 0.313. The molecule has 2 amide bonds. The van der Waals surface area contributed by atoms with E-state index in [0.29, 0.717) is 32.7 Å². The van der Waals surface area contributed by atoms with Crippen LogP contribution in [0.3, 0.4) is 0 Å². The molecule has 1 aromatic heterocycles. The first-order valence-electron chi connectivity index (χ1n) is 5.49. The second-order valence-corrected chi connectivity index (χ2v) is 3.81. The number of amides is 2. The Morgan fingerprint density at radius 3 is 3.06 bits per heavy atom. The predicted molar refractivity (Wildman–Crippen MR) is 59.7 cm³/mol. The molecule has 0 aromatic carbocycles. The van der Waals surface area contributed by atoms with Gasteiger partial charge in [0, 0.05) is 38.6 Å². The molecule has 0 saturated carbocycles. The van der Waals surface area contributed by atoms with Crippen molar-refractivity contribution in [2.24, 2.45) is 5.73 Å². The lowest BCUT2D eigenvalue weighted by molar-refractivity contribution is -0.146. The van der Waals surface area contributed by atoms with Crippen LogP contribution in [0, 0.1) is 0 Å². The van der Waals surface area contributed by atoms with E-state index >= 15 is 0 Å². The van der Waals surface area contributed by atoms with Crippen molar-refractivity contribution < 1.29 is 9.59 Å². The van der Waals surface area contributed by atoms with Crippen molar-refractivity contribution in [2.45, 2.75) is 13.1 Å². The number of hydrogen-bond donors (Lipinski definition) is 2. The van der Waals surface area contributed by atoms with E-state index in [1.54, 1.807) is 6.20 Å². The van der Waals surface area contributed by atoms with Crippen LogP contribution in [0.1, 0.15) is 5.82 Å². The van der Waals surface area contributed by atoms with Crippen LogP contribution in [0.25, 0.3) is 0 Å². The minimum Gasteiger partial charge on any atom is -0.347 e. The third-order valence-electron chi connectivity index (χ3n) is 2.66. The zero-order valence-electron chi connectivity index (χ0n) is 9.43. The Hall–Kier alpha value is -1.89. The van der Waals surface area contributed by atoms with Gasteiger partial charge in [-0.3, -0.25) is 9.59 Å². The van der Waals surface area contributed by atoms with Crippen molar-refractivity contribution in [1.29, 1.82) is 0 Å². The van der Waals surface area contributed by atoms with E-state index in [-0.39, 0.29) is 0 Å². The lowest BCUT2D eigenvalue weighted by Gasteiger charge is -2.27. The number of carbonyl (C=O) groups excluding carboxylic acids is 2. The van der Waals surface area contributed by atoms with Crippen LogP contribution in [-0.4, -0.2) is 45.9 Å². The predicted octanol–water partition coefficient (Wildman–Crippen LogP) is -1.70. The lowest BCUT2D eigenvalue weighted by Crippen LogP contribution is -2.47. The van der Waals surface area contributed by atoms with Crippen molar-refractivity contribution in [3.63, 3.8) is 0 Å². The van der Waals surface area contributed by atoms with Gasteiger partial charge in [-0.1, -0.05) is 0 Å². The number of nitrogens with zero attached hydrogens (tertiary/aromatic N) is 3. The monoisotopic (exact) mass is 237 g/mol. The summed E-state index contributed by atoms with van der Waals surface area (Å²) < 4.78 is 1.97. The van der Waals surface area contributed by atoms with Gasteiger partial charge >= 0.3 is 11.8 Å². The van der Waals surface area contributed by atoms with Crippen molar-refractivity contribution >= 4 is 11.8 Å². The smallest absolute Gasteiger partial charge is 0.312 e. The van der Waals surface area contributed by atoms with Crippen molar-refractivity contribution in [2.75, 3.05) is 19.6 Å². The quantitative estimate of drug-likeness (QED) is 0.600. The molecule has 0 aliphatic carbocycles. The maximum atomic E-state index is 11.8. The Morgan fingerprint density at radius 2 is 2.29 bits per heavy atom. The number of fused-ring (bicyclic) bond motifs is 1. The third-order valence-corrected chi connectivity index (χ3v) is 2.66. The van der Waals surface area contributed by atoms with Crippen LogP contribution >= 0.6 is 0 Å². The largest absolute Gasteiger partial charge is 0.347 e. The molecule has 0 spiro atoms. The number of nitrogens with two attached hydrogens (primary N) is 1. The van der Waals surface area contributed by atoms with Gasteiger partial charge in [-0.2, -0.15) is 0 Å². The number of hydrogen-bond acceptors (Lipinski definition) is 4. The van der Waals surface area contributed by atoms with E-state index in [2.05, 4.69) is 10.3 Å². The Labute approximate surface area is 98.6 Å². The zero-order chi connectivity index (χ0) is 12.3. The first-order chi connectivity index (χ1) is 8.22. The van der Waals surface area contributed by atoms with Crippen molar-refractivity contribution in [3.05, 3.63) is 18.2 Å². The Kier molecular flexibility index (Phi) is 3.38. The van der Waals surface area contributed by atoms with Gasteiger partial charge in [0.25, 0.3) is 0 Å². The highest BCUT2D eigenvalue weighted by Crippen LogP contribution is 2.09. The molecule has 0 radical (unpaired) electrons. The van der Waals surface area contributed by atoms with E-state index in [9.17, 15) is 9.59 Å². The van der Waals surface area contributed by atoms with E-state index < -0.39 is 11.8 Å². The van der Waals surface area contributed by atoms with E-state index in [1.165, 1.54) is 4.90 Å². The molecule has 17 heavy (non-hydrogen) atoms. The van der Waals surface area contributed by atoms with Gasteiger partial charge < -0.3 is 20.5 Å². The highest BCUT2D eigenvalue weighted by atomic mass is 16.2. The fourth-order valence-electron chi connectivity index (χ4n) is 1.75. The van der Waals surface area contributed by atoms with Gasteiger partial charge in [0.1, 0.15) is 5.82 Å². The summed E-state index contributed by atoms with van der Waals surface area (Å²) in [6, 6.07) is 0. The molecular weight excluding hydrogens is 222 g/mol. The molecule has 2 heterocycles. The molecule has 1 aliphatic heterocycles. The topological polar surface area (TPSA) is 93.2 Å². The molecular formula is C10H15N5O2. The Morgan fingerprint density at radius 1 is 1.47 bits per heavy atom. The lowest BCUT2D eigenvalue weighted by atomic mass is 10.3. The molecule has 7 heteroatoms. The average Bonchev–Trinajstić information content (AvgIpc) is 2.81. The fourth-order valence-corrected chi connectivity index (χ4v) is 1.75. The molecule has 0 unspecified atom stereocenters. The van der Waals surface area contributed by atoms with Gasteiger partial charge in [0.05, 0.1) is 6.54 Å². The van der Waals surface area contributed by atoms with Crippen LogP contribution in [0.4, 0.5) is 0 Å². The summed E-state index contributed by atoms with van der Waals surface area (Å²) in [6.07, 6.45) is 3.56. The standard InChI is InChI=1S/C10H15N5O2/c11-1-2-13-9(16)10(17)15-6-5-14-4-3-12-8(14)7-15/h3-4H,1-2,5-7,11H2,(H,13,16). The molecule has 0 saturated heterocycles. The molecule has 0 fully saturated rings. The maximum Gasteiger partial charge on any atom is 0.312 e. The van der Waals surface area contributed by atoms with Gasteiger partial charge in [-0.25, -0.2) is 4.98 Å². The summed E-state index contributed by atoms with van der Waals surface area (Å²) in [6.45, 7) is 2.21. The van der Waals surface area contributed by atoms with Crippen LogP contribution in [0.2, 0.25) is 0 Å². The molecule has 2 rings (SSSR count). The molecule has 7 nitrogen and oxygen atoms in total. The summed E-state index contributed by atoms with van der Waals surface area (Å²) in [7, 11) is 0. The summed E-state index contributed by atoms with van der Waals surface area (Å²) in [5.41, 5.74) is 5.25. The van der Waals surface area contributed by atoms with E-state index in [4.69, 9.17) is 5.73 Å². The Bertz CT molecular complexity index is 428. The Balaban J connectivity index is 1.96. The number of rotatable bonds is 2. The summed E-state index contributed by atoms with van der Waals surface area (Å²) in [5, 5.41) is 2.46. The molecule has 0 bridgehead atoms. The molecule has 0 atom stereocenters. The van der Waals surface area contributed by atoms with Crippen LogP contribution in [0.5, 0.6) is 0 Å². The molecule has 3 N–H and O–H groups in total. The second kappa shape index (κ2) is 4.96. The zero-order valence-corrected chi connectivity index (χ0v) is 9.43. The maximum absolute atomic E-state index is 11.8. The van der Waals surface area contributed by atoms with Gasteiger partial charge in [0.15, 0.2) is 0 Å². The number of carbonyl (C=O) groups is 2. The number of nitrogens with one attached hydrogen (secondary N) is 1.